The van der Waals surface area contributed by atoms with Crippen molar-refractivity contribution in [2.45, 2.75) is 6.92 Å². The first-order chi connectivity index (χ1) is 16.5. The van der Waals surface area contributed by atoms with E-state index >= 15 is 0 Å². The molecule has 3 heterocycles. The Bertz CT molecular complexity index is 1800. The highest BCUT2D eigenvalue weighted by Crippen LogP contribution is 2.34. The molecule has 0 saturated heterocycles. The van der Waals surface area contributed by atoms with Crippen LogP contribution in [0.25, 0.3) is 50.0 Å². The predicted octanol–water partition coefficient (Wildman–Crippen LogP) is 6.85. The Balaban J connectivity index is 1.75. The van der Waals surface area contributed by atoms with Crippen LogP contribution < -0.4 is 5.56 Å². The number of aromatic nitrogens is 4. The molecule has 0 radical (unpaired) electrons. The molecule has 7 heteroatoms. The predicted molar refractivity (Wildman–Crippen MR) is 140 cm³/mol. The third-order valence-corrected chi connectivity index (χ3v) is 6.63. The van der Waals surface area contributed by atoms with E-state index in [1.807, 2.05) is 54.6 Å². The van der Waals surface area contributed by atoms with Crippen LogP contribution in [0.5, 0.6) is 0 Å². The van der Waals surface area contributed by atoms with Gasteiger partial charge in [-0.2, -0.15) is 0 Å². The van der Waals surface area contributed by atoms with E-state index in [1.54, 1.807) is 6.07 Å². The number of rotatable bonds is 2. The van der Waals surface area contributed by atoms with Gasteiger partial charge in [0, 0.05) is 15.1 Å². The van der Waals surface area contributed by atoms with Crippen molar-refractivity contribution < 1.29 is 0 Å². The summed E-state index contributed by atoms with van der Waals surface area (Å²) in [7, 11) is 0. The summed E-state index contributed by atoms with van der Waals surface area (Å²) in [6, 6.07) is 23.3. The quantitative estimate of drug-likeness (QED) is 0.182. The fourth-order valence-corrected chi connectivity index (χ4v) is 4.63. The van der Waals surface area contributed by atoms with Gasteiger partial charge < -0.3 is 0 Å². The second-order valence-corrected chi connectivity index (χ2v) is 9.50. The number of pyridine rings is 1. The van der Waals surface area contributed by atoms with Crippen molar-refractivity contribution in [2.24, 2.45) is 0 Å². The van der Waals surface area contributed by atoms with Gasteiger partial charge in [0.1, 0.15) is 6.33 Å². The van der Waals surface area contributed by atoms with Crippen LogP contribution in [-0.4, -0.2) is 19.4 Å². The SMILES string of the molecule is Cc1ccc(-c2cc(-c3ccc(Cl)cc3)c3c(ncn4c(=O)c5cc(Br)ccc5nc34)n2)cc1. The Morgan fingerprint density at radius 2 is 1.62 bits per heavy atom. The Labute approximate surface area is 207 Å². The normalized spacial score (nSPS) is 11.5. The van der Waals surface area contributed by atoms with Gasteiger partial charge in [0.15, 0.2) is 11.3 Å². The molecule has 34 heavy (non-hydrogen) atoms. The summed E-state index contributed by atoms with van der Waals surface area (Å²) in [5, 5.41) is 1.88. The lowest BCUT2D eigenvalue weighted by atomic mass is 9.99. The minimum Gasteiger partial charge on any atom is -0.268 e. The first-order valence-corrected chi connectivity index (χ1v) is 11.8. The van der Waals surface area contributed by atoms with Crippen LogP contribution in [0.3, 0.4) is 0 Å². The van der Waals surface area contributed by atoms with E-state index in [0.29, 0.717) is 32.6 Å². The molecule has 0 bridgehead atoms. The Hall–Kier alpha value is -3.61. The van der Waals surface area contributed by atoms with Crippen molar-refractivity contribution >= 4 is 55.1 Å². The average molecular weight is 528 g/mol. The fraction of sp³-hybridized carbons (Fsp3) is 0.0370. The zero-order valence-corrected chi connectivity index (χ0v) is 20.3. The lowest BCUT2D eigenvalue weighted by Gasteiger charge is -2.13. The largest absolute Gasteiger partial charge is 0.268 e. The molecule has 164 valence electrons. The molecule has 3 aromatic carbocycles. The highest BCUT2D eigenvalue weighted by Gasteiger charge is 2.17. The van der Waals surface area contributed by atoms with Crippen LogP contribution in [0.4, 0.5) is 0 Å². The fourth-order valence-electron chi connectivity index (χ4n) is 4.14. The van der Waals surface area contributed by atoms with E-state index in [1.165, 1.54) is 16.3 Å². The van der Waals surface area contributed by atoms with Crippen molar-refractivity contribution in [1.82, 2.24) is 19.4 Å². The number of aryl methyl sites for hydroxylation is 1. The summed E-state index contributed by atoms with van der Waals surface area (Å²) in [6.45, 7) is 2.05. The molecule has 0 aliphatic carbocycles. The number of nitrogens with zero attached hydrogens (tertiary/aromatic N) is 4. The molecule has 0 aliphatic heterocycles. The van der Waals surface area contributed by atoms with Gasteiger partial charge in [0.2, 0.25) is 0 Å². The van der Waals surface area contributed by atoms with Crippen molar-refractivity contribution in [3.63, 3.8) is 0 Å². The molecule has 0 spiro atoms. The maximum atomic E-state index is 13.3. The highest BCUT2D eigenvalue weighted by molar-refractivity contribution is 9.10. The van der Waals surface area contributed by atoms with Crippen molar-refractivity contribution in [3.05, 3.63) is 105 Å². The van der Waals surface area contributed by atoms with Crippen LogP contribution in [0.1, 0.15) is 5.56 Å². The maximum absolute atomic E-state index is 13.3. The van der Waals surface area contributed by atoms with Crippen LogP contribution in [-0.2, 0) is 0 Å². The van der Waals surface area contributed by atoms with Gasteiger partial charge >= 0.3 is 0 Å². The summed E-state index contributed by atoms with van der Waals surface area (Å²) >= 11 is 9.61. The zero-order valence-electron chi connectivity index (χ0n) is 18.0. The van der Waals surface area contributed by atoms with Crippen LogP contribution >= 0.6 is 27.5 Å². The van der Waals surface area contributed by atoms with E-state index in [-0.39, 0.29) is 5.56 Å². The standard InChI is InChI=1S/C27H16BrClN4O/c1-15-2-4-17(5-3-15)23-13-20(16-6-9-19(29)10-7-16)24-25(31-23)30-14-33-26(24)32-22-11-8-18(28)12-21(22)27(33)34/h2-14H,1H3. The number of benzene rings is 3. The summed E-state index contributed by atoms with van der Waals surface area (Å²) in [6.07, 6.45) is 1.50. The third kappa shape index (κ3) is 3.47. The summed E-state index contributed by atoms with van der Waals surface area (Å²) in [5.41, 5.74) is 6.24. The Morgan fingerprint density at radius 1 is 0.882 bits per heavy atom. The average Bonchev–Trinajstić information content (AvgIpc) is 2.85. The molecule has 3 aromatic heterocycles. The number of halogens is 2. The van der Waals surface area contributed by atoms with E-state index in [9.17, 15) is 4.79 Å². The van der Waals surface area contributed by atoms with E-state index < -0.39 is 0 Å². The molecule has 0 unspecified atom stereocenters. The van der Waals surface area contributed by atoms with E-state index in [0.717, 1.165) is 26.9 Å². The summed E-state index contributed by atoms with van der Waals surface area (Å²) in [5.74, 6) is 0. The lowest BCUT2D eigenvalue weighted by molar-refractivity contribution is 1.03. The van der Waals surface area contributed by atoms with Gasteiger partial charge in [0.05, 0.1) is 22.0 Å². The van der Waals surface area contributed by atoms with Crippen molar-refractivity contribution in [2.75, 3.05) is 0 Å². The van der Waals surface area contributed by atoms with Crippen molar-refractivity contribution in [3.8, 4) is 22.4 Å². The van der Waals surface area contributed by atoms with Gasteiger partial charge in [-0.25, -0.2) is 19.4 Å². The number of hydrogen-bond acceptors (Lipinski definition) is 4. The smallest absolute Gasteiger partial charge is 0.267 e. The molecule has 5 nitrogen and oxygen atoms in total. The first kappa shape index (κ1) is 21.0. The monoisotopic (exact) mass is 526 g/mol. The second kappa shape index (κ2) is 8.01. The Morgan fingerprint density at radius 3 is 2.38 bits per heavy atom. The molecule has 6 aromatic rings. The minimum absolute atomic E-state index is 0.180. The minimum atomic E-state index is -0.180. The summed E-state index contributed by atoms with van der Waals surface area (Å²) in [4.78, 5) is 27.6. The second-order valence-electron chi connectivity index (χ2n) is 8.14. The molecule has 0 N–H and O–H groups in total. The molecule has 0 atom stereocenters. The molecule has 0 fully saturated rings. The third-order valence-electron chi connectivity index (χ3n) is 5.88. The van der Waals surface area contributed by atoms with Crippen LogP contribution in [0.15, 0.2) is 88.4 Å². The van der Waals surface area contributed by atoms with Gasteiger partial charge in [-0.15, -0.1) is 0 Å². The lowest BCUT2D eigenvalue weighted by Crippen LogP contribution is -2.16. The van der Waals surface area contributed by atoms with Gasteiger partial charge in [0.25, 0.3) is 5.56 Å². The van der Waals surface area contributed by atoms with E-state index in [2.05, 4.69) is 40.0 Å². The van der Waals surface area contributed by atoms with Gasteiger partial charge in [-0.1, -0.05) is 69.5 Å². The van der Waals surface area contributed by atoms with Gasteiger partial charge in [-0.3, -0.25) is 4.79 Å². The molecule has 0 saturated carbocycles. The van der Waals surface area contributed by atoms with Crippen LogP contribution in [0.2, 0.25) is 5.02 Å². The number of fused-ring (bicyclic) bond motifs is 4. The molecule has 6 rings (SSSR count). The molecule has 0 amide bonds. The summed E-state index contributed by atoms with van der Waals surface area (Å²) < 4.78 is 2.31. The number of hydrogen-bond donors (Lipinski definition) is 0. The highest BCUT2D eigenvalue weighted by atomic mass is 79.9. The zero-order chi connectivity index (χ0) is 23.4. The molecular formula is C27H16BrClN4O. The van der Waals surface area contributed by atoms with E-state index in [4.69, 9.17) is 21.6 Å². The van der Waals surface area contributed by atoms with Crippen LogP contribution in [0, 0.1) is 6.92 Å². The Kier molecular flexibility index (Phi) is 4.94. The maximum Gasteiger partial charge on any atom is 0.267 e. The molecule has 0 aliphatic rings. The topological polar surface area (TPSA) is 60.2 Å². The van der Waals surface area contributed by atoms with Gasteiger partial charge in [-0.05, 0) is 54.4 Å². The molecular weight excluding hydrogens is 512 g/mol. The van der Waals surface area contributed by atoms with Crippen molar-refractivity contribution in [1.29, 1.82) is 0 Å². The first-order valence-electron chi connectivity index (χ1n) is 10.6.